The van der Waals surface area contributed by atoms with E-state index < -0.39 is 5.69 Å². The zero-order chi connectivity index (χ0) is 19.0. The van der Waals surface area contributed by atoms with E-state index in [1.165, 1.54) is 9.13 Å². The number of ether oxygens (including phenoxy) is 1. The summed E-state index contributed by atoms with van der Waals surface area (Å²) in [6.07, 6.45) is 1.60. The van der Waals surface area contributed by atoms with Crippen molar-refractivity contribution in [2.24, 2.45) is 0 Å². The normalized spacial score (nSPS) is 13.7. The van der Waals surface area contributed by atoms with Gasteiger partial charge in [0.25, 0.3) is 5.56 Å². The molecule has 0 spiro atoms. The number of nitrogens with one attached hydrogen (secondary N) is 1. The number of nitrogens with zero attached hydrogens (tertiary/aromatic N) is 3. The van der Waals surface area contributed by atoms with Crippen molar-refractivity contribution in [1.29, 1.82) is 0 Å². The Morgan fingerprint density at radius 1 is 1.37 bits per heavy atom. The predicted molar refractivity (Wildman–Crippen MR) is 101 cm³/mol. The fourth-order valence-electron chi connectivity index (χ4n) is 3.00. The number of hydrogen-bond donors (Lipinski definition) is 1. The van der Waals surface area contributed by atoms with Gasteiger partial charge in [-0.3, -0.25) is 18.7 Å². The molecule has 0 radical (unpaired) electrons. The van der Waals surface area contributed by atoms with Crippen LogP contribution in [0.5, 0.6) is 5.75 Å². The van der Waals surface area contributed by atoms with Gasteiger partial charge < -0.3 is 10.1 Å². The second-order valence-corrected chi connectivity index (χ2v) is 7.08. The average molecular weight is 386 g/mol. The summed E-state index contributed by atoms with van der Waals surface area (Å²) in [7, 11) is 1.58. The van der Waals surface area contributed by atoms with Crippen molar-refractivity contribution in [2.45, 2.75) is 32.0 Å². The largest absolute Gasteiger partial charge is 0.497 e. The van der Waals surface area contributed by atoms with Gasteiger partial charge in [0.05, 0.1) is 12.6 Å². The molecule has 0 bridgehead atoms. The second kappa shape index (κ2) is 6.99. The molecule has 9 heteroatoms. The molecule has 0 atom stereocenters. The van der Waals surface area contributed by atoms with E-state index in [1.54, 1.807) is 12.5 Å². The minimum absolute atomic E-state index is 0.0813. The number of hydrogen-bond acceptors (Lipinski definition) is 6. The number of rotatable bonds is 6. The summed E-state index contributed by atoms with van der Waals surface area (Å²) in [5.74, 6) is 0.397. The minimum atomic E-state index is -0.452. The first-order chi connectivity index (χ1) is 13.1. The first-order valence-electron chi connectivity index (χ1n) is 8.57. The van der Waals surface area contributed by atoms with Crippen molar-refractivity contribution in [2.75, 3.05) is 7.11 Å². The quantitative estimate of drug-likeness (QED) is 0.689. The summed E-state index contributed by atoms with van der Waals surface area (Å²) in [5, 5.41) is 4.43. The molecule has 140 valence electrons. The lowest BCUT2D eigenvalue weighted by Crippen LogP contribution is -2.42. The topological polar surface area (TPSA) is 95.2 Å². The van der Waals surface area contributed by atoms with E-state index in [0.29, 0.717) is 17.8 Å². The van der Waals surface area contributed by atoms with E-state index in [4.69, 9.17) is 4.74 Å². The summed E-state index contributed by atoms with van der Waals surface area (Å²) >= 11 is 1.10. The van der Waals surface area contributed by atoms with Crippen LogP contribution in [-0.2, 0) is 17.9 Å². The van der Waals surface area contributed by atoms with Crippen LogP contribution in [0.4, 0.5) is 0 Å². The molecule has 0 unspecified atom stereocenters. The fourth-order valence-corrected chi connectivity index (χ4v) is 3.66. The molecule has 1 saturated carbocycles. The van der Waals surface area contributed by atoms with Crippen LogP contribution in [0.3, 0.4) is 0 Å². The van der Waals surface area contributed by atoms with Gasteiger partial charge in [0.1, 0.15) is 12.3 Å². The monoisotopic (exact) mass is 386 g/mol. The molecular weight excluding hydrogens is 368 g/mol. The van der Waals surface area contributed by atoms with Crippen molar-refractivity contribution < 1.29 is 9.53 Å². The molecule has 1 N–H and O–H groups in total. The van der Waals surface area contributed by atoms with Crippen LogP contribution in [0.1, 0.15) is 24.4 Å². The zero-order valence-corrected chi connectivity index (χ0v) is 15.5. The van der Waals surface area contributed by atoms with Gasteiger partial charge in [0.2, 0.25) is 5.91 Å². The molecule has 4 rings (SSSR count). The van der Waals surface area contributed by atoms with Gasteiger partial charge in [0, 0.05) is 18.0 Å². The Kier molecular flexibility index (Phi) is 4.53. The summed E-state index contributed by atoms with van der Waals surface area (Å²) in [5.41, 5.74) is 0.717. The molecule has 1 fully saturated rings. The summed E-state index contributed by atoms with van der Waals surface area (Å²) in [6, 6.07) is 7.30. The van der Waals surface area contributed by atoms with Gasteiger partial charge in [-0.05, 0) is 42.1 Å². The average Bonchev–Trinajstić information content (AvgIpc) is 3.38. The number of carbonyl (C=O) groups excluding carboxylic acids is 1. The number of methoxy groups -OCH3 is 1. The zero-order valence-electron chi connectivity index (χ0n) is 14.7. The van der Waals surface area contributed by atoms with Crippen LogP contribution in [0.2, 0.25) is 0 Å². The summed E-state index contributed by atoms with van der Waals surface area (Å²) in [6.45, 7) is 0.156. The first-order valence-corrected chi connectivity index (χ1v) is 9.41. The lowest BCUT2D eigenvalue weighted by Gasteiger charge is -2.11. The first kappa shape index (κ1) is 17.5. The van der Waals surface area contributed by atoms with Gasteiger partial charge >= 0.3 is 5.69 Å². The van der Waals surface area contributed by atoms with Gasteiger partial charge in [-0.2, -0.15) is 4.37 Å². The van der Waals surface area contributed by atoms with E-state index in [2.05, 4.69) is 9.69 Å². The third-order valence-electron chi connectivity index (χ3n) is 4.54. The molecule has 2 aromatic heterocycles. The Hall–Kier alpha value is -2.94. The molecule has 0 saturated heterocycles. The maximum Gasteiger partial charge on any atom is 0.332 e. The molecule has 2 heterocycles. The van der Waals surface area contributed by atoms with Gasteiger partial charge in [-0.25, -0.2) is 4.79 Å². The Morgan fingerprint density at radius 2 is 2.19 bits per heavy atom. The second-order valence-electron chi connectivity index (χ2n) is 6.45. The summed E-state index contributed by atoms with van der Waals surface area (Å²) in [4.78, 5) is 37.7. The van der Waals surface area contributed by atoms with Gasteiger partial charge in [-0.15, -0.1) is 0 Å². The molecule has 1 aliphatic rings. The van der Waals surface area contributed by atoms with E-state index >= 15 is 0 Å². The Balaban J connectivity index is 1.58. The van der Waals surface area contributed by atoms with Crippen molar-refractivity contribution in [3.8, 4) is 5.75 Å². The highest BCUT2D eigenvalue weighted by atomic mass is 32.1. The lowest BCUT2D eigenvalue weighted by molar-refractivity contribution is -0.121. The molecule has 3 aromatic rings. The highest BCUT2D eigenvalue weighted by molar-refractivity contribution is 7.04. The van der Waals surface area contributed by atoms with Crippen molar-refractivity contribution in [3.05, 3.63) is 56.0 Å². The number of benzene rings is 1. The molecule has 27 heavy (non-hydrogen) atoms. The highest BCUT2D eigenvalue weighted by Gasteiger charge is 2.29. The van der Waals surface area contributed by atoms with Crippen molar-refractivity contribution in [1.82, 2.24) is 18.8 Å². The van der Waals surface area contributed by atoms with Crippen molar-refractivity contribution >= 4 is 28.5 Å². The Bertz CT molecular complexity index is 1130. The standard InChI is InChI=1S/C18H18N4O4S/c1-26-13-4-2-3-11(7-13)8-19-15(23)9-21-14-10-27-20-16(14)17(24)22(18(21)25)12-5-6-12/h2-4,7,10,12H,5-6,8-9H2,1H3,(H,19,23). The molecule has 1 aromatic carbocycles. The third kappa shape index (κ3) is 3.37. The number of aromatic nitrogens is 3. The molecule has 8 nitrogen and oxygen atoms in total. The van der Waals surface area contributed by atoms with Crippen LogP contribution >= 0.6 is 11.5 Å². The molecule has 1 aliphatic carbocycles. The predicted octanol–water partition coefficient (Wildman–Crippen LogP) is 1.28. The van der Waals surface area contributed by atoms with E-state index in [0.717, 1.165) is 29.9 Å². The maximum absolute atomic E-state index is 12.8. The van der Waals surface area contributed by atoms with E-state index in [1.807, 2.05) is 24.3 Å². The Morgan fingerprint density at radius 3 is 2.93 bits per heavy atom. The third-order valence-corrected chi connectivity index (χ3v) is 5.15. The van der Waals surface area contributed by atoms with Gasteiger partial charge in [-0.1, -0.05) is 12.1 Å². The van der Waals surface area contributed by atoms with Crippen LogP contribution < -0.4 is 21.3 Å². The fraction of sp³-hybridized carbons (Fsp3) is 0.333. The van der Waals surface area contributed by atoms with Crippen molar-refractivity contribution in [3.63, 3.8) is 0 Å². The van der Waals surface area contributed by atoms with E-state index in [9.17, 15) is 14.4 Å². The summed E-state index contributed by atoms with van der Waals surface area (Å²) < 4.78 is 11.8. The maximum atomic E-state index is 12.8. The van der Waals surface area contributed by atoms with Crippen LogP contribution in [-0.4, -0.2) is 26.5 Å². The van der Waals surface area contributed by atoms with E-state index in [-0.39, 0.29) is 29.6 Å². The number of fused-ring (bicyclic) bond motifs is 1. The molecule has 1 amide bonds. The number of carbonyl (C=O) groups is 1. The molecule has 0 aliphatic heterocycles. The highest BCUT2D eigenvalue weighted by Crippen LogP contribution is 2.32. The van der Waals surface area contributed by atoms with Gasteiger partial charge in [0.15, 0.2) is 5.52 Å². The number of amides is 1. The molecular formula is C18H18N4O4S. The SMILES string of the molecule is COc1cccc(CNC(=O)Cn2c(=O)n(C3CC3)c(=O)c3nscc32)c1. The smallest absolute Gasteiger partial charge is 0.332 e. The lowest BCUT2D eigenvalue weighted by atomic mass is 10.2. The van der Waals surface area contributed by atoms with Crippen LogP contribution in [0.25, 0.3) is 11.0 Å². The Labute approximate surface area is 158 Å². The van der Waals surface area contributed by atoms with Crippen LogP contribution in [0.15, 0.2) is 39.2 Å². The van der Waals surface area contributed by atoms with Crippen LogP contribution in [0, 0.1) is 0 Å². The minimum Gasteiger partial charge on any atom is -0.497 e.